The Labute approximate surface area is 221 Å². The van der Waals surface area contributed by atoms with Gasteiger partial charge in [-0.25, -0.2) is 0 Å². The fourth-order valence-corrected chi connectivity index (χ4v) is 8.42. The fraction of sp³-hybridized carbons (Fsp3) is 0.364. The summed E-state index contributed by atoms with van der Waals surface area (Å²) >= 11 is 1.96. The SMILES string of the molecule is Cc1c(CC(C)(C)C)ccc2c1sc1c(-c3cc(C(C)C)c4ccccc4c3)ncc([Si](C)(C)C)c12. The molecule has 3 aromatic carbocycles. The third kappa shape index (κ3) is 4.41. The summed E-state index contributed by atoms with van der Waals surface area (Å²) in [6, 6.07) is 18.3. The Balaban J connectivity index is 1.86. The smallest absolute Gasteiger partial charge is 0.0880 e. The highest BCUT2D eigenvalue weighted by Crippen LogP contribution is 2.43. The van der Waals surface area contributed by atoms with Crippen LogP contribution in [0.5, 0.6) is 0 Å². The lowest BCUT2D eigenvalue weighted by Gasteiger charge is -2.20. The van der Waals surface area contributed by atoms with Gasteiger partial charge in [-0.15, -0.1) is 11.3 Å². The van der Waals surface area contributed by atoms with E-state index in [1.165, 1.54) is 58.4 Å². The van der Waals surface area contributed by atoms with Gasteiger partial charge in [0.15, 0.2) is 0 Å². The molecule has 0 saturated carbocycles. The van der Waals surface area contributed by atoms with Crippen LogP contribution in [0.3, 0.4) is 0 Å². The molecule has 5 rings (SSSR count). The molecule has 186 valence electrons. The van der Waals surface area contributed by atoms with E-state index < -0.39 is 8.07 Å². The molecule has 0 aliphatic rings. The standard InChI is InChI=1S/C33H39NSSi/c1-20(2)27-17-24(16-22-12-10-11-13-25(22)27)30-32-29(28(19-34-30)36(7,8)9)26-15-14-23(18-33(4,5)6)21(3)31(26)35-32/h10-17,19-20H,18H2,1-9H3. The molecule has 0 spiro atoms. The van der Waals surface area contributed by atoms with Crippen LogP contribution in [-0.2, 0) is 6.42 Å². The van der Waals surface area contributed by atoms with Crippen molar-refractivity contribution in [3.05, 3.63) is 71.4 Å². The van der Waals surface area contributed by atoms with Gasteiger partial charge in [-0.1, -0.05) is 90.7 Å². The third-order valence-electron chi connectivity index (χ3n) is 7.34. The number of rotatable bonds is 4. The quantitative estimate of drug-likeness (QED) is 0.220. The van der Waals surface area contributed by atoms with Gasteiger partial charge in [0.2, 0.25) is 0 Å². The third-order valence-corrected chi connectivity index (χ3v) is 10.7. The molecule has 0 bridgehead atoms. The van der Waals surface area contributed by atoms with Gasteiger partial charge in [-0.2, -0.15) is 0 Å². The second kappa shape index (κ2) is 8.81. The van der Waals surface area contributed by atoms with Gasteiger partial charge in [0.25, 0.3) is 0 Å². The molecule has 2 heterocycles. The first-order chi connectivity index (χ1) is 16.8. The topological polar surface area (TPSA) is 12.9 Å². The summed E-state index contributed by atoms with van der Waals surface area (Å²) in [5.74, 6) is 0.455. The lowest BCUT2D eigenvalue weighted by atomic mass is 9.86. The monoisotopic (exact) mass is 509 g/mol. The lowest BCUT2D eigenvalue weighted by Crippen LogP contribution is -2.38. The van der Waals surface area contributed by atoms with Crippen molar-refractivity contribution in [1.29, 1.82) is 0 Å². The number of hydrogen-bond donors (Lipinski definition) is 0. The first kappa shape index (κ1) is 25.2. The van der Waals surface area contributed by atoms with Crippen molar-refractivity contribution in [1.82, 2.24) is 4.98 Å². The van der Waals surface area contributed by atoms with E-state index in [0.29, 0.717) is 5.92 Å². The van der Waals surface area contributed by atoms with Crippen molar-refractivity contribution >= 4 is 55.5 Å². The number of nitrogens with zero attached hydrogens (tertiary/aromatic N) is 1. The van der Waals surface area contributed by atoms with E-state index in [1.54, 1.807) is 0 Å². The molecule has 5 aromatic rings. The van der Waals surface area contributed by atoms with E-state index in [2.05, 4.69) is 116 Å². The number of aromatic nitrogens is 1. The molecule has 36 heavy (non-hydrogen) atoms. The van der Waals surface area contributed by atoms with Crippen LogP contribution >= 0.6 is 11.3 Å². The van der Waals surface area contributed by atoms with Crippen LogP contribution in [0.4, 0.5) is 0 Å². The molecular formula is C33H39NSSi. The summed E-state index contributed by atoms with van der Waals surface area (Å²) < 4.78 is 2.79. The zero-order valence-electron chi connectivity index (χ0n) is 23.3. The summed E-state index contributed by atoms with van der Waals surface area (Å²) in [5.41, 5.74) is 6.96. The molecule has 0 unspecified atom stereocenters. The predicted molar refractivity (Wildman–Crippen MR) is 165 cm³/mol. The number of pyridine rings is 1. The van der Waals surface area contributed by atoms with E-state index >= 15 is 0 Å². The van der Waals surface area contributed by atoms with E-state index in [4.69, 9.17) is 4.98 Å². The molecular weight excluding hydrogens is 471 g/mol. The summed E-state index contributed by atoms with van der Waals surface area (Å²) in [5, 5.41) is 6.98. The van der Waals surface area contributed by atoms with Crippen LogP contribution in [0.2, 0.25) is 19.6 Å². The largest absolute Gasteiger partial charge is 0.255 e. The van der Waals surface area contributed by atoms with Crippen molar-refractivity contribution in [2.45, 2.75) is 73.5 Å². The Bertz CT molecular complexity index is 1610. The van der Waals surface area contributed by atoms with E-state index in [9.17, 15) is 0 Å². The summed E-state index contributed by atoms with van der Waals surface area (Å²) in [7, 11) is -1.60. The van der Waals surface area contributed by atoms with Crippen molar-refractivity contribution < 1.29 is 0 Å². The van der Waals surface area contributed by atoms with Crippen LogP contribution in [0.15, 0.2) is 54.7 Å². The van der Waals surface area contributed by atoms with E-state index in [1.807, 2.05) is 11.3 Å². The normalized spacial score (nSPS) is 12.9. The minimum Gasteiger partial charge on any atom is -0.255 e. The highest BCUT2D eigenvalue weighted by molar-refractivity contribution is 7.27. The van der Waals surface area contributed by atoms with Gasteiger partial charge in [-0.3, -0.25) is 4.98 Å². The van der Waals surface area contributed by atoms with E-state index in [-0.39, 0.29) is 5.41 Å². The van der Waals surface area contributed by atoms with Crippen molar-refractivity contribution in [2.75, 3.05) is 0 Å². The minimum absolute atomic E-state index is 0.268. The predicted octanol–water partition coefficient (Wildman–Crippen LogP) is 9.84. The Morgan fingerprint density at radius 2 is 1.64 bits per heavy atom. The molecule has 0 fully saturated rings. The number of aryl methyl sites for hydroxylation is 1. The van der Waals surface area contributed by atoms with Gasteiger partial charge in [0, 0.05) is 27.2 Å². The van der Waals surface area contributed by atoms with Gasteiger partial charge in [-0.05, 0) is 69.5 Å². The van der Waals surface area contributed by atoms with Crippen molar-refractivity contribution in [3.8, 4) is 11.3 Å². The number of benzene rings is 3. The second-order valence-corrected chi connectivity index (χ2v) is 19.0. The zero-order valence-corrected chi connectivity index (χ0v) is 25.2. The van der Waals surface area contributed by atoms with Gasteiger partial charge >= 0.3 is 0 Å². The van der Waals surface area contributed by atoms with E-state index in [0.717, 1.165) is 12.1 Å². The van der Waals surface area contributed by atoms with Gasteiger partial charge < -0.3 is 0 Å². The summed E-state index contributed by atoms with van der Waals surface area (Å²) in [6.07, 6.45) is 3.30. The first-order valence-corrected chi connectivity index (χ1v) is 17.5. The van der Waals surface area contributed by atoms with Crippen LogP contribution in [0.25, 0.3) is 42.2 Å². The van der Waals surface area contributed by atoms with Crippen LogP contribution in [-0.4, -0.2) is 13.1 Å². The zero-order chi connectivity index (χ0) is 26.0. The number of fused-ring (bicyclic) bond motifs is 4. The summed E-state index contributed by atoms with van der Waals surface area (Å²) in [6.45, 7) is 21.2. The average Bonchev–Trinajstić information content (AvgIpc) is 3.18. The Kier molecular flexibility index (Phi) is 6.16. The van der Waals surface area contributed by atoms with Gasteiger partial charge in [0.1, 0.15) is 0 Å². The molecule has 2 aromatic heterocycles. The fourth-order valence-electron chi connectivity index (χ4n) is 5.51. The molecule has 3 heteroatoms. The molecule has 0 atom stereocenters. The van der Waals surface area contributed by atoms with Crippen molar-refractivity contribution in [2.24, 2.45) is 5.41 Å². The van der Waals surface area contributed by atoms with Gasteiger partial charge in [0.05, 0.1) is 18.5 Å². The number of hydrogen-bond acceptors (Lipinski definition) is 2. The molecule has 1 nitrogen and oxygen atoms in total. The Hall–Kier alpha value is -2.49. The Morgan fingerprint density at radius 3 is 2.31 bits per heavy atom. The molecule has 0 N–H and O–H groups in total. The average molecular weight is 510 g/mol. The highest BCUT2D eigenvalue weighted by atomic mass is 32.1. The maximum Gasteiger partial charge on any atom is 0.0880 e. The maximum absolute atomic E-state index is 5.20. The highest BCUT2D eigenvalue weighted by Gasteiger charge is 2.26. The van der Waals surface area contributed by atoms with Crippen LogP contribution in [0.1, 0.15) is 57.2 Å². The minimum atomic E-state index is -1.60. The molecule has 0 aliphatic carbocycles. The molecule has 0 aliphatic heterocycles. The second-order valence-electron chi connectivity index (χ2n) is 13.0. The maximum atomic E-state index is 5.20. The Morgan fingerprint density at radius 1 is 0.917 bits per heavy atom. The number of thiophene rings is 1. The van der Waals surface area contributed by atoms with Crippen molar-refractivity contribution in [3.63, 3.8) is 0 Å². The molecule has 0 saturated heterocycles. The first-order valence-electron chi connectivity index (χ1n) is 13.2. The summed E-state index contributed by atoms with van der Waals surface area (Å²) in [4.78, 5) is 5.20. The van der Waals surface area contributed by atoms with Crippen LogP contribution in [0, 0.1) is 12.3 Å². The van der Waals surface area contributed by atoms with Crippen LogP contribution < -0.4 is 5.19 Å². The lowest BCUT2D eigenvalue weighted by molar-refractivity contribution is 0.410. The molecule has 0 radical (unpaired) electrons. The molecule has 0 amide bonds.